The maximum Gasteiger partial charge on any atom is 0.271 e. The van der Waals surface area contributed by atoms with Crippen LogP contribution in [0.25, 0.3) is 0 Å². The second-order valence-electron chi connectivity index (χ2n) is 4.85. The number of rotatable bonds is 6. The molecule has 5 nitrogen and oxygen atoms in total. The first-order valence-corrected chi connectivity index (χ1v) is 7.60. The monoisotopic (exact) mass is 353 g/mol. The largest absolute Gasteiger partial charge is 0.353 e. The molecule has 0 radical (unpaired) electrons. The van der Waals surface area contributed by atoms with E-state index in [0.717, 1.165) is 10.9 Å². The maximum absolute atomic E-state index is 11.8. The van der Waals surface area contributed by atoms with Crippen molar-refractivity contribution < 1.29 is 9.59 Å². The first-order valence-electron chi connectivity index (χ1n) is 6.80. The number of hydrazone groups is 1. The molecule has 114 valence electrons. The number of carbonyl (C=O) groups is 2. The summed E-state index contributed by atoms with van der Waals surface area (Å²) in [5.41, 5.74) is 3.51. The van der Waals surface area contributed by atoms with Crippen LogP contribution in [0, 0.1) is 0 Å². The van der Waals surface area contributed by atoms with Crippen LogP contribution in [0.2, 0.25) is 0 Å². The van der Waals surface area contributed by atoms with Crippen molar-refractivity contribution in [2.45, 2.75) is 39.7 Å². The quantitative estimate of drug-likeness (QED) is 0.609. The summed E-state index contributed by atoms with van der Waals surface area (Å²) in [5, 5.41) is 6.79. The number of nitrogens with one attached hydrogen (secondary N) is 2. The molecule has 1 atom stereocenters. The first-order chi connectivity index (χ1) is 9.92. The van der Waals surface area contributed by atoms with Gasteiger partial charge in [0.15, 0.2) is 0 Å². The van der Waals surface area contributed by atoms with Gasteiger partial charge < -0.3 is 5.32 Å². The second kappa shape index (κ2) is 8.56. The Kier molecular flexibility index (Phi) is 7.08. The van der Waals surface area contributed by atoms with Gasteiger partial charge in [0.05, 0.1) is 6.42 Å². The number of amides is 2. The highest BCUT2D eigenvalue weighted by atomic mass is 79.9. The SMILES string of the molecule is CCC(C)NC(=O)C/C(C)=N/NC(=O)c1ccc(Br)cc1. The van der Waals surface area contributed by atoms with Crippen LogP contribution >= 0.6 is 15.9 Å². The van der Waals surface area contributed by atoms with Crippen LogP contribution in [0.4, 0.5) is 0 Å². The van der Waals surface area contributed by atoms with Crippen LogP contribution < -0.4 is 10.7 Å². The van der Waals surface area contributed by atoms with E-state index in [1.54, 1.807) is 31.2 Å². The molecule has 2 N–H and O–H groups in total. The fourth-order valence-corrected chi connectivity index (χ4v) is 1.78. The van der Waals surface area contributed by atoms with Gasteiger partial charge in [-0.2, -0.15) is 5.10 Å². The van der Waals surface area contributed by atoms with Crippen LogP contribution in [0.3, 0.4) is 0 Å². The van der Waals surface area contributed by atoms with E-state index < -0.39 is 0 Å². The number of halogens is 1. The molecule has 0 saturated carbocycles. The molecule has 0 heterocycles. The van der Waals surface area contributed by atoms with Gasteiger partial charge in [0.2, 0.25) is 5.91 Å². The van der Waals surface area contributed by atoms with E-state index in [4.69, 9.17) is 0 Å². The minimum absolute atomic E-state index is 0.0940. The van der Waals surface area contributed by atoms with Gasteiger partial charge in [-0.05, 0) is 44.5 Å². The minimum atomic E-state index is -0.302. The van der Waals surface area contributed by atoms with E-state index in [-0.39, 0.29) is 24.3 Å². The molecule has 0 bridgehead atoms. The summed E-state index contributed by atoms with van der Waals surface area (Å²) < 4.78 is 0.903. The minimum Gasteiger partial charge on any atom is -0.353 e. The molecule has 0 spiro atoms. The van der Waals surface area contributed by atoms with Crippen molar-refractivity contribution in [3.63, 3.8) is 0 Å². The van der Waals surface area contributed by atoms with Crippen LogP contribution in [0.5, 0.6) is 0 Å². The highest BCUT2D eigenvalue weighted by molar-refractivity contribution is 9.10. The first kappa shape index (κ1) is 17.4. The van der Waals surface area contributed by atoms with Gasteiger partial charge in [0.1, 0.15) is 0 Å². The molecule has 6 heteroatoms. The van der Waals surface area contributed by atoms with Crippen LogP contribution in [0.15, 0.2) is 33.8 Å². The van der Waals surface area contributed by atoms with E-state index in [9.17, 15) is 9.59 Å². The fourth-order valence-electron chi connectivity index (χ4n) is 1.51. The van der Waals surface area contributed by atoms with Crippen molar-refractivity contribution in [2.75, 3.05) is 0 Å². The normalized spacial score (nSPS) is 12.7. The van der Waals surface area contributed by atoms with Gasteiger partial charge in [0.25, 0.3) is 5.91 Å². The van der Waals surface area contributed by atoms with Gasteiger partial charge in [-0.3, -0.25) is 9.59 Å². The van der Waals surface area contributed by atoms with Crippen LogP contribution in [-0.4, -0.2) is 23.6 Å². The van der Waals surface area contributed by atoms with Crippen LogP contribution in [0.1, 0.15) is 44.0 Å². The van der Waals surface area contributed by atoms with Gasteiger partial charge >= 0.3 is 0 Å². The third-order valence-corrected chi connectivity index (χ3v) is 3.42. The molecule has 1 aromatic carbocycles. The second-order valence-corrected chi connectivity index (χ2v) is 5.76. The smallest absolute Gasteiger partial charge is 0.271 e. The summed E-state index contributed by atoms with van der Waals surface area (Å²) in [4.78, 5) is 23.5. The zero-order valence-corrected chi connectivity index (χ0v) is 14.0. The average molecular weight is 354 g/mol. The fraction of sp³-hybridized carbons (Fsp3) is 0.400. The number of hydrogen-bond donors (Lipinski definition) is 2. The summed E-state index contributed by atoms with van der Waals surface area (Å²) in [6.45, 7) is 5.65. The Balaban J connectivity index is 2.49. The molecule has 2 amide bonds. The third kappa shape index (κ3) is 6.53. The molecule has 1 rings (SSSR count). The van der Waals surface area contributed by atoms with Crippen molar-refractivity contribution in [2.24, 2.45) is 5.10 Å². The van der Waals surface area contributed by atoms with Crippen molar-refractivity contribution in [1.29, 1.82) is 0 Å². The van der Waals surface area contributed by atoms with Crippen molar-refractivity contribution >= 4 is 33.5 Å². The van der Waals surface area contributed by atoms with Gasteiger partial charge in [0, 0.05) is 21.8 Å². The summed E-state index contributed by atoms with van der Waals surface area (Å²) in [6, 6.07) is 7.10. The zero-order valence-electron chi connectivity index (χ0n) is 12.4. The number of benzene rings is 1. The molecule has 0 aliphatic carbocycles. The lowest BCUT2D eigenvalue weighted by Gasteiger charge is -2.10. The summed E-state index contributed by atoms with van der Waals surface area (Å²) in [6.07, 6.45) is 1.05. The number of nitrogens with zero attached hydrogens (tertiary/aromatic N) is 1. The zero-order chi connectivity index (χ0) is 15.8. The molecule has 0 fully saturated rings. The lowest BCUT2D eigenvalue weighted by atomic mass is 10.2. The van der Waals surface area contributed by atoms with Crippen LogP contribution in [-0.2, 0) is 4.79 Å². The topological polar surface area (TPSA) is 70.6 Å². The average Bonchev–Trinajstić information content (AvgIpc) is 2.45. The standard InChI is InChI=1S/C15H20BrN3O2/c1-4-10(2)17-14(20)9-11(3)18-19-15(21)12-5-7-13(16)8-6-12/h5-8,10H,4,9H2,1-3H3,(H,17,20)(H,19,21)/b18-11+. The Labute approximate surface area is 133 Å². The molecule has 0 aromatic heterocycles. The Hall–Kier alpha value is -1.69. The predicted molar refractivity (Wildman–Crippen MR) is 87.2 cm³/mol. The van der Waals surface area contributed by atoms with Crippen molar-refractivity contribution in [3.8, 4) is 0 Å². The summed E-state index contributed by atoms with van der Waals surface area (Å²) >= 11 is 3.31. The van der Waals surface area contributed by atoms with Gasteiger partial charge in [-0.25, -0.2) is 5.43 Å². The molecule has 0 aliphatic heterocycles. The Bertz CT molecular complexity index is 526. The summed E-state index contributed by atoms with van der Waals surface area (Å²) in [7, 11) is 0. The van der Waals surface area contributed by atoms with Crippen molar-refractivity contribution in [1.82, 2.24) is 10.7 Å². The highest BCUT2D eigenvalue weighted by Gasteiger charge is 2.08. The van der Waals surface area contributed by atoms with E-state index in [1.807, 2.05) is 13.8 Å². The summed E-state index contributed by atoms with van der Waals surface area (Å²) in [5.74, 6) is -0.396. The van der Waals surface area contributed by atoms with Gasteiger partial charge in [-0.1, -0.05) is 22.9 Å². The number of hydrogen-bond acceptors (Lipinski definition) is 3. The van der Waals surface area contributed by atoms with E-state index in [2.05, 4.69) is 31.8 Å². The number of carbonyl (C=O) groups excluding carboxylic acids is 2. The molecule has 1 unspecified atom stereocenters. The third-order valence-electron chi connectivity index (χ3n) is 2.89. The molecule has 0 saturated heterocycles. The van der Waals surface area contributed by atoms with E-state index >= 15 is 0 Å². The molecule has 1 aromatic rings. The Morgan fingerprint density at radius 1 is 1.29 bits per heavy atom. The lowest BCUT2D eigenvalue weighted by Crippen LogP contribution is -2.33. The van der Waals surface area contributed by atoms with E-state index in [1.165, 1.54) is 0 Å². The highest BCUT2D eigenvalue weighted by Crippen LogP contribution is 2.10. The van der Waals surface area contributed by atoms with Gasteiger partial charge in [-0.15, -0.1) is 0 Å². The Morgan fingerprint density at radius 2 is 1.90 bits per heavy atom. The maximum atomic E-state index is 11.8. The molecular weight excluding hydrogens is 334 g/mol. The molecule has 0 aliphatic rings. The van der Waals surface area contributed by atoms with Crippen molar-refractivity contribution in [3.05, 3.63) is 34.3 Å². The van der Waals surface area contributed by atoms with E-state index in [0.29, 0.717) is 11.3 Å². The predicted octanol–water partition coefficient (Wildman–Crippen LogP) is 2.86. The molecule has 21 heavy (non-hydrogen) atoms. The lowest BCUT2D eigenvalue weighted by molar-refractivity contribution is -0.120. The molecular formula is C15H20BrN3O2. The Morgan fingerprint density at radius 3 is 2.48 bits per heavy atom.